The third-order valence-corrected chi connectivity index (χ3v) is 6.13. The summed E-state index contributed by atoms with van der Waals surface area (Å²) in [6, 6.07) is 0.622. The lowest BCUT2D eigenvalue weighted by molar-refractivity contribution is 0.150. The molecule has 2 fully saturated rings. The van der Waals surface area contributed by atoms with Crippen LogP contribution in [0, 0.1) is 10.8 Å². The normalized spacial score (nSPS) is 25.6. The van der Waals surface area contributed by atoms with Gasteiger partial charge in [0.25, 0.3) is 0 Å². The Labute approximate surface area is 126 Å². The second-order valence-corrected chi connectivity index (χ2v) is 7.91. The zero-order valence-corrected chi connectivity index (χ0v) is 14.3. The van der Waals surface area contributed by atoms with Crippen molar-refractivity contribution in [1.82, 2.24) is 10.2 Å². The van der Waals surface area contributed by atoms with E-state index < -0.39 is 0 Å². The quantitative estimate of drug-likeness (QED) is 0.756. The molecule has 0 aromatic rings. The van der Waals surface area contributed by atoms with Crippen LogP contribution in [-0.4, -0.2) is 37.1 Å². The van der Waals surface area contributed by atoms with Crippen molar-refractivity contribution in [1.29, 1.82) is 0 Å². The Bertz CT molecular complexity index is 288. The number of hydrogen-bond donors (Lipinski definition) is 1. The van der Waals surface area contributed by atoms with E-state index >= 15 is 0 Å². The highest BCUT2D eigenvalue weighted by Gasteiger charge is 2.40. The fraction of sp³-hybridized carbons (Fsp3) is 1.00. The van der Waals surface area contributed by atoms with Crippen LogP contribution in [0.5, 0.6) is 0 Å². The zero-order chi connectivity index (χ0) is 14.6. The summed E-state index contributed by atoms with van der Waals surface area (Å²) in [5, 5.41) is 3.72. The predicted octanol–water partition coefficient (Wildman–Crippen LogP) is 4.06. The first-order valence-corrected chi connectivity index (χ1v) is 8.99. The fourth-order valence-corrected chi connectivity index (χ4v) is 4.40. The Morgan fingerprint density at radius 1 is 1.00 bits per heavy atom. The van der Waals surface area contributed by atoms with Crippen molar-refractivity contribution < 1.29 is 0 Å². The van der Waals surface area contributed by atoms with Crippen LogP contribution in [0.15, 0.2) is 0 Å². The van der Waals surface area contributed by atoms with E-state index in [0.29, 0.717) is 16.9 Å². The second-order valence-electron chi connectivity index (χ2n) is 7.91. The molecule has 1 aliphatic heterocycles. The summed E-state index contributed by atoms with van der Waals surface area (Å²) in [7, 11) is 0. The molecule has 0 amide bonds. The van der Waals surface area contributed by atoms with E-state index in [1.807, 2.05) is 0 Å². The maximum Gasteiger partial charge on any atom is 0.00504 e. The van der Waals surface area contributed by atoms with Crippen LogP contribution in [0.25, 0.3) is 0 Å². The molecule has 2 aliphatic rings. The molecule has 1 aliphatic carbocycles. The first-order valence-electron chi connectivity index (χ1n) is 8.99. The van der Waals surface area contributed by atoms with Crippen molar-refractivity contribution in [2.75, 3.05) is 26.2 Å². The minimum Gasteiger partial charge on any atom is -0.314 e. The molecular formula is C18H36N2. The van der Waals surface area contributed by atoms with Gasteiger partial charge in [-0.15, -0.1) is 0 Å². The van der Waals surface area contributed by atoms with E-state index in [1.165, 1.54) is 71.1 Å². The smallest absolute Gasteiger partial charge is 0.00504 e. The highest BCUT2D eigenvalue weighted by Crippen LogP contribution is 2.42. The van der Waals surface area contributed by atoms with Gasteiger partial charge in [-0.2, -0.15) is 0 Å². The summed E-state index contributed by atoms with van der Waals surface area (Å²) in [6.45, 7) is 14.6. The largest absolute Gasteiger partial charge is 0.314 e. The lowest BCUT2D eigenvalue weighted by Crippen LogP contribution is -2.44. The molecule has 1 saturated carbocycles. The van der Waals surface area contributed by atoms with Crippen LogP contribution in [0.4, 0.5) is 0 Å². The van der Waals surface area contributed by atoms with Gasteiger partial charge in [0.15, 0.2) is 0 Å². The van der Waals surface area contributed by atoms with E-state index in [2.05, 4.69) is 37.9 Å². The van der Waals surface area contributed by atoms with E-state index in [4.69, 9.17) is 0 Å². The third kappa shape index (κ3) is 3.76. The molecule has 2 rings (SSSR count). The highest BCUT2D eigenvalue weighted by atomic mass is 15.2. The molecular weight excluding hydrogens is 244 g/mol. The fourth-order valence-electron chi connectivity index (χ4n) is 4.40. The van der Waals surface area contributed by atoms with Crippen molar-refractivity contribution in [2.24, 2.45) is 10.8 Å². The zero-order valence-electron chi connectivity index (χ0n) is 14.3. The first-order chi connectivity index (χ1) is 9.53. The topological polar surface area (TPSA) is 15.3 Å². The van der Waals surface area contributed by atoms with Gasteiger partial charge < -0.3 is 10.2 Å². The standard InChI is InChI=1S/C18H36N2/c1-5-17(6-2)11-12-20(14-17)15-18(9-7-8-10-18)13-19-16(3)4/h16,19H,5-15H2,1-4H3. The van der Waals surface area contributed by atoms with Crippen molar-refractivity contribution in [3.8, 4) is 0 Å². The van der Waals surface area contributed by atoms with Gasteiger partial charge in [0.2, 0.25) is 0 Å². The molecule has 118 valence electrons. The first kappa shape index (κ1) is 16.3. The molecule has 0 spiro atoms. The molecule has 0 unspecified atom stereocenters. The molecule has 0 atom stereocenters. The summed E-state index contributed by atoms with van der Waals surface area (Å²) >= 11 is 0. The van der Waals surface area contributed by atoms with E-state index in [1.54, 1.807) is 0 Å². The van der Waals surface area contributed by atoms with Crippen molar-refractivity contribution in [3.05, 3.63) is 0 Å². The predicted molar refractivity (Wildman–Crippen MR) is 88.1 cm³/mol. The molecule has 2 nitrogen and oxygen atoms in total. The van der Waals surface area contributed by atoms with Crippen molar-refractivity contribution in [2.45, 2.75) is 78.7 Å². The molecule has 1 saturated heterocycles. The Morgan fingerprint density at radius 3 is 2.15 bits per heavy atom. The number of rotatable bonds is 7. The summed E-state index contributed by atoms with van der Waals surface area (Å²) < 4.78 is 0. The minimum atomic E-state index is 0.571. The van der Waals surface area contributed by atoms with Crippen LogP contribution in [0.1, 0.15) is 72.6 Å². The van der Waals surface area contributed by atoms with Gasteiger partial charge in [0.1, 0.15) is 0 Å². The van der Waals surface area contributed by atoms with E-state index in [-0.39, 0.29) is 0 Å². The number of nitrogens with one attached hydrogen (secondary N) is 1. The lowest BCUT2D eigenvalue weighted by atomic mass is 9.81. The number of hydrogen-bond acceptors (Lipinski definition) is 2. The van der Waals surface area contributed by atoms with Gasteiger partial charge in [0, 0.05) is 25.7 Å². The third-order valence-electron chi connectivity index (χ3n) is 6.13. The molecule has 0 aromatic carbocycles. The molecule has 20 heavy (non-hydrogen) atoms. The molecule has 0 radical (unpaired) electrons. The molecule has 1 heterocycles. The number of likely N-dealkylation sites (tertiary alicyclic amines) is 1. The van der Waals surface area contributed by atoms with E-state index in [0.717, 1.165) is 0 Å². The van der Waals surface area contributed by atoms with Crippen LogP contribution >= 0.6 is 0 Å². The lowest BCUT2D eigenvalue weighted by Gasteiger charge is -2.35. The van der Waals surface area contributed by atoms with E-state index in [9.17, 15) is 0 Å². The van der Waals surface area contributed by atoms with Crippen molar-refractivity contribution >= 4 is 0 Å². The van der Waals surface area contributed by atoms with Gasteiger partial charge in [-0.3, -0.25) is 0 Å². The minimum absolute atomic E-state index is 0.571. The van der Waals surface area contributed by atoms with Crippen molar-refractivity contribution in [3.63, 3.8) is 0 Å². The Hall–Kier alpha value is -0.0800. The second kappa shape index (κ2) is 6.79. The van der Waals surface area contributed by atoms with Gasteiger partial charge in [-0.1, -0.05) is 40.5 Å². The summed E-state index contributed by atoms with van der Waals surface area (Å²) in [6.07, 6.45) is 9.91. The Kier molecular flexibility index (Phi) is 5.53. The summed E-state index contributed by atoms with van der Waals surface area (Å²) in [5.74, 6) is 0. The monoisotopic (exact) mass is 280 g/mol. The number of nitrogens with zero attached hydrogens (tertiary/aromatic N) is 1. The molecule has 1 N–H and O–H groups in total. The summed E-state index contributed by atoms with van der Waals surface area (Å²) in [5.41, 5.74) is 1.20. The van der Waals surface area contributed by atoms with Gasteiger partial charge in [-0.25, -0.2) is 0 Å². The molecule has 2 heteroatoms. The molecule has 0 bridgehead atoms. The van der Waals surface area contributed by atoms with Crippen LogP contribution in [0.2, 0.25) is 0 Å². The highest BCUT2D eigenvalue weighted by molar-refractivity contribution is 4.94. The SMILES string of the molecule is CCC1(CC)CCN(CC2(CNC(C)C)CCCC2)C1. The Balaban J connectivity index is 1.92. The van der Waals surface area contributed by atoms with Crippen LogP contribution < -0.4 is 5.32 Å². The van der Waals surface area contributed by atoms with Crippen LogP contribution in [-0.2, 0) is 0 Å². The van der Waals surface area contributed by atoms with Gasteiger partial charge in [-0.05, 0) is 49.5 Å². The van der Waals surface area contributed by atoms with Crippen LogP contribution in [0.3, 0.4) is 0 Å². The maximum atomic E-state index is 3.72. The maximum absolute atomic E-state index is 3.72. The average Bonchev–Trinajstić information content (AvgIpc) is 3.05. The Morgan fingerprint density at radius 2 is 1.65 bits per heavy atom. The molecule has 0 aromatic heterocycles. The van der Waals surface area contributed by atoms with Gasteiger partial charge in [0.05, 0.1) is 0 Å². The average molecular weight is 281 g/mol. The summed E-state index contributed by atoms with van der Waals surface area (Å²) in [4.78, 5) is 2.79. The van der Waals surface area contributed by atoms with Gasteiger partial charge >= 0.3 is 0 Å².